The van der Waals surface area contributed by atoms with E-state index < -0.39 is 0 Å². The molecule has 2 N–H and O–H groups in total. The number of hydrogen-bond acceptors (Lipinski definition) is 3. The first-order chi connectivity index (χ1) is 6.60. The van der Waals surface area contributed by atoms with Gasteiger partial charge < -0.3 is 10.6 Å². The van der Waals surface area contributed by atoms with Gasteiger partial charge in [-0.1, -0.05) is 6.92 Å². The van der Waals surface area contributed by atoms with Crippen LogP contribution in [-0.2, 0) is 4.79 Å². The van der Waals surface area contributed by atoms with Gasteiger partial charge in [0.05, 0.1) is 0 Å². The fraction of sp³-hybridized carbons (Fsp3) is 0.900. The Hall–Kier alpha value is -0.220. The molecule has 0 aromatic carbocycles. The van der Waals surface area contributed by atoms with Gasteiger partial charge in [-0.15, -0.1) is 0 Å². The molecular formula is C10H22N2OS. The molecule has 0 aliphatic rings. The monoisotopic (exact) mass is 218 g/mol. The highest BCUT2D eigenvalue weighted by Gasteiger charge is 2.10. The quantitative estimate of drug-likeness (QED) is 0.675. The number of thioether (sulfide) groups is 1. The second-order valence-electron chi connectivity index (χ2n) is 3.59. The molecule has 0 aliphatic carbocycles. The van der Waals surface area contributed by atoms with E-state index in [1.807, 2.05) is 27.0 Å². The van der Waals surface area contributed by atoms with Crippen LogP contribution in [0.25, 0.3) is 0 Å². The number of amides is 1. The van der Waals surface area contributed by atoms with Gasteiger partial charge in [0.2, 0.25) is 5.91 Å². The van der Waals surface area contributed by atoms with Crippen LogP contribution < -0.4 is 10.6 Å². The molecular weight excluding hydrogens is 196 g/mol. The van der Waals surface area contributed by atoms with Crippen molar-refractivity contribution >= 4 is 17.7 Å². The molecule has 2 unspecified atom stereocenters. The summed E-state index contributed by atoms with van der Waals surface area (Å²) in [6.07, 6.45) is 2.61. The summed E-state index contributed by atoms with van der Waals surface area (Å²) in [5, 5.41) is 6.19. The third kappa shape index (κ3) is 7.21. The SMILES string of the molecule is CCNC(C)CC(=O)NC(C)CSC. The molecule has 0 heterocycles. The van der Waals surface area contributed by atoms with E-state index >= 15 is 0 Å². The van der Waals surface area contributed by atoms with Crippen molar-refractivity contribution in [2.45, 2.75) is 39.3 Å². The third-order valence-corrected chi connectivity index (χ3v) is 2.70. The Balaban J connectivity index is 3.63. The minimum atomic E-state index is 0.139. The van der Waals surface area contributed by atoms with Gasteiger partial charge in [0, 0.05) is 24.3 Å². The highest BCUT2D eigenvalue weighted by atomic mass is 32.2. The van der Waals surface area contributed by atoms with Gasteiger partial charge in [-0.2, -0.15) is 11.8 Å². The number of hydrogen-bond donors (Lipinski definition) is 2. The van der Waals surface area contributed by atoms with Crippen molar-refractivity contribution in [2.75, 3.05) is 18.6 Å². The molecule has 0 aromatic rings. The molecule has 0 saturated carbocycles. The first-order valence-corrected chi connectivity index (χ1v) is 6.51. The van der Waals surface area contributed by atoms with E-state index in [2.05, 4.69) is 10.6 Å². The molecule has 4 heteroatoms. The summed E-state index contributed by atoms with van der Waals surface area (Å²) < 4.78 is 0. The van der Waals surface area contributed by atoms with Crippen LogP contribution in [-0.4, -0.2) is 36.5 Å². The smallest absolute Gasteiger partial charge is 0.221 e. The molecule has 2 atom stereocenters. The molecule has 1 amide bonds. The molecule has 0 spiro atoms. The predicted molar refractivity (Wildman–Crippen MR) is 63.7 cm³/mol. The maximum atomic E-state index is 11.5. The Morgan fingerprint density at radius 1 is 1.36 bits per heavy atom. The Labute approximate surface area is 91.4 Å². The van der Waals surface area contributed by atoms with Crippen molar-refractivity contribution in [3.63, 3.8) is 0 Å². The minimum absolute atomic E-state index is 0.139. The molecule has 0 rings (SSSR count). The number of carbonyl (C=O) groups excluding carboxylic acids is 1. The summed E-state index contributed by atoms with van der Waals surface area (Å²) in [4.78, 5) is 11.5. The summed E-state index contributed by atoms with van der Waals surface area (Å²) in [5.74, 6) is 1.11. The van der Waals surface area contributed by atoms with Crippen LogP contribution in [0.15, 0.2) is 0 Å². The topological polar surface area (TPSA) is 41.1 Å². The van der Waals surface area contributed by atoms with Crippen LogP contribution >= 0.6 is 11.8 Å². The normalized spacial score (nSPS) is 14.9. The molecule has 0 fully saturated rings. The number of nitrogens with one attached hydrogen (secondary N) is 2. The van der Waals surface area contributed by atoms with Gasteiger partial charge in [0.15, 0.2) is 0 Å². The van der Waals surface area contributed by atoms with Crippen LogP contribution in [0.2, 0.25) is 0 Å². The highest BCUT2D eigenvalue weighted by Crippen LogP contribution is 1.97. The van der Waals surface area contributed by atoms with Gasteiger partial charge >= 0.3 is 0 Å². The lowest BCUT2D eigenvalue weighted by molar-refractivity contribution is -0.121. The van der Waals surface area contributed by atoms with Gasteiger partial charge in [-0.25, -0.2) is 0 Å². The summed E-state index contributed by atoms with van der Waals surface area (Å²) in [5.41, 5.74) is 0. The van der Waals surface area contributed by atoms with Crippen LogP contribution in [0.1, 0.15) is 27.2 Å². The van der Waals surface area contributed by atoms with E-state index in [0.29, 0.717) is 6.42 Å². The summed E-state index contributed by atoms with van der Waals surface area (Å²) in [7, 11) is 0. The van der Waals surface area contributed by atoms with E-state index in [-0.39, 0.29) is 18.0 Å². The zero-order valence-electron chi connectivity index (χ0n) is 9.59. The summed E-state index contributed by atoms with van der Waals surface area (Å²) in [6, 6.07) is 0.535. The van der Waals surface area contributed by atoms with Gasteiger partial charge in [-0.05, 0) is 26.6 Å². The standard InChI is InChI=1S/C10H22N2OS/c1-5-11-8(2)6-10(13)12-9(3)7-14-4/h8-9,11H,5-7H2,1-4H3,(H,12,13). The lowest BCUT2D eigenvalue weighted by Crippen LogP contribution is -2.38. The van der Waals surface area contributed by atoms with Gasteiger partial charge in [-0.3, -0.25) is 4.79 Å². The van der Waals surface area contributed by atoms with E-state index in [0.717, 1.165) is 12.3 Å². The third-order valence-electron chi connectivity index (χ3n) is 1.87. The first kappa shape index (κ1) is 13.8. The largest absolute Gasteiger partial charge is 0.353 e. The van der Waals surface area contributed by atoms with Crippen LogP contribution in [0, 0.1) is 0 Å². The lowest BCUT2D eigenvalue weighted by Gasteiger charge is -2.15. The Bertz CT molecular complexity index is 148. The van der Waals surface area contributed by atoms with Crippen molar-refractivity contribution in [3.05, 3.63) is 0 Å². The average Bonchev–Trinajstić information content (AvgIpc) is 2.03. The second kappa shape index (κ2) is 8.12. The van der Waals surface area contributed by atoms with Gasteiger partial charge in [0.25, 0.3) is 0 Å². The van der Waals surface area contributed by atoms with Crippen LogP contribution in [0.4, 0.5) is 0 Å². The van der Waals surface area contributed by atoms with E-state index in [1.165, 1.54) is 0 Å². The molecule has 0 bridgehead atoms. The molecule has 84 valence electrons. The maximum Gasteiger partial charge on any atom is 0.221 e. The maximum absolute atomic E-state index is 11.5. The van der Waals surface area contributed by atoms with Crippen LogP contribution in [0.3, 0.4) is 0 Å². The van der Waals surface area contributed by atoms with Crippen molar-refractivity contribution < 1.29 is 4.79 Å². The number of carbonyl (C=O) groups is 1. The molecule has 0 saturated heterocycles. The number of rotatable bonds is 7. The zero-order chi connectivity index (χ0) is 11.0. The van der Waals surface area contributed by atoms with Gasteiger partial charge in [0.1, 0.15) is 0 Å². The predicted octanol–water partition coefficient (Wildman–Crippen LogP) is 1.24. The second-order valence-corrected chi connectivity index (χ2v) is 4.50. The van der Waals surface area contributed by atoms with Crippen molar-refractivity contribution in [1.82, 2.24) is 10.6 Å². The first-order valence-electron chi connectivity index (χ1n) is 5.11. The lowest BCUT2D eigenvalue weighted by atomic mass is 10.2. The van der Waals surface area contributed by atoms with E-state index in [4.69, 9.17) is 0 Å². The Morgan fingerprint density at radius 2 is 2.00 bits per heavy atom. The Kier molecular flexibility index (Phi) is 7.99. The van der Waals surface area contributed by atoms with E-state index in [9.17, 15) is 4.79 Å². The van der Waals surface area contributed by atoms with Crippen molar-refractivity contribution in [2.24, 2.45) is 0 Å². The van der Waals surface area contributed by atoms with Crippen LogP contribution in [0.5, 0.6) is 0 Å². The van der Waals surface area contributed by atoms with E-state index in [1.54, 1.807) is 11.8 Å². The fourth-order valence-corrected chi connectivity index (χ4v) is 1.91. The fourth-order valence-electron chi connectivity index (χ4n) is 1.32. The summed E-state index contributed by atoms with van der Waals surface area (Å²) >= 11 is 1.75. The van der Waals surface area contributed by atoms with Crippen molar-refractivity contribution in [1.29, 1.82) is 0 Å². The highest BCUT2D eigenvalue weighted by molar-refractivity contribution is 7.98. The molecule has 0 radical (unpaired) electrons. The molecule has 0 aromatic heterocycles. The molecule has 14 heavy (non-hydrogen) atoms. The zero-order valence-corrected chi connectivity index (χ0v) is 10.4. The average molecular weight is 218 g/mol. The molecule has 3 nitrogen and oxygen atoms in total. The minimum Gasteiger partial charge on any atom is -0.353 e. The molecule has 0 aliphatic heterocycles. The Morgan fingerprint density at radius 3 is 2.50 bits per heavy atom. The van der Waals surface area contributed by atoms with Crippen molar-refractivity contribution in [3.8, 4) is 0 Å². The summed E-state index contributed by atoms with van der Waals surface area (Å²) in [6.45, 7) is 7.02.